The third-order valence-corrected chi connectivity index (χ3v) is 6.66. The van der Waals surface area contributed by atoms with Gasteiger partial charge in [-0.3, -0.25) is 14.7 Å². The zero-order valence-corrected chi connectivity index (χ0v) is 18.9. The molecule has 3 heterocycles. The van der Waals surface area contributed by atoms with Crippen molar-refractivity contribution in [1.82, 2.24) is 19.6 Å². The molecule has 0 saturated carbocycles. The van der Waals surface area contributed by atoms with Crippen LogP contribution in [0.2, 0.25) is 0 Å². The Hall–Kier alpha value is -0.255. The van der Waals surface area contributed by atoms with Crippen molar-refractivity contribution >= 4 is 7.85 Å². The normalized spacial score (nSPS) is 33.5. The van der Waals surface area contributed by atoms with Gasteiger partial charge in [-0.05, 0) is 7.05 Å². The molecule has 0 amide bonds. The molecule has 29 heavy (non-hydrogen) atoms. The second-order valence-electron chi connectivity index (χ2n) is 8.70. The highest BCUT2D eigenvalue weighted by molar-refractivity contribution is 6.11. The molecule has 0 spiro atoms. The Labute approximate surface area is 177 Å². The van der Waals surface area contributed by atoms with Gasteiger partial charge in [-0.15, -0.1) is 0 Å². The third kappa shape index (κ3) is 6.87. The van der Waals surface area contributed by atoms with E-state index in [1.807, 2.05) is 0 Å². The van der Waals surface area contributed by atoms with Crippen LogP contribution < -0.4 is 0 Å². The van der Waals surface area contributed by atoms with Gasteiger partial charge in [0, 0.05) is 86.2 Å². The van der Waals surface area contributed by atoms with Gasteiger partial charge in [-0.2, -0.15) is 0 Å². The highest BCUT2D eigenvalue weighted by Crippen LogP contribution is 2.25. The fraction of sp³-hybridized carbons (Fsp3) is 1.00. The zero-order valence-electron chi connectivity index (χ0n) is 18.9. The minimum Gasteiger partial charge on any atom is -0.382 e. The van der Waals surface area contributed by atoms with E-state index in [1.54, 1.807) is 14.2 Å². The van der Waals surface area contributed by atoms with Crippen molar-refractivity contribution in [2.75, 3.05) is 106 Å². The molecular weight excluding hydrogens is 371 g/mol. The van der Waals surface area contributed by atoms with E-state index in [9.17, 15) is 0 Å². The first-order valence-electron chi connectivity index (χ1n) is 11.2. The molecule has 0 N–H and O–H groups in total. The summed E-state index contributed by atoms with van der Waals surface area (Å²) >= 11 is 0. The predicted molar refractivity (Wildman–Crippen MR) is 116 cm³/mol. The molecule has 1 unspecified atom stereocenters. The quantitative estimate of drug-likeness (QED) is 0.392. The lowest BCUT2D eigenvalue weighted by atomic mass is 9.93. The molecule has 0 aromatic heterocycles. The summed E-state index contributed by atoms with van der Waals surface area (Å²) in [6.07, 6.45) is -0.129. The number of hydrogen-bond acceptors (Lipinski definition) is 8. The SMILES string of the molecule is B[C@@H]1O[C@H](COC)C(OC)[C@@H]1OCCN1CCN(CCN2CCN(C)CC2)CC1. The van der Waals surface area contributed by atoms with Crippen LogP contribution in [0.5, 0.6) is 0 Å². The topological polar surface area (TPSA) is 49.9 Å². The summed E-state index contributed by atoms with van der Waals surface area (Å²) < 4.78 is 23.0. The van der Waals surface area contributed by atoms with E-state index >= 15 is 0 Å². The molecule has 8 nitrogen and oxygen atoms in total. The van der Waals surface area contributed by atoms with Gasteiger partial charge >= 0.3 is 0 Å². The Morgan fingerprint density at radius 3 is 1.93 bits per heavy atom. The van der Waals surface area contributed by atoms with Crippen LogP contribution in [-0.4, -0.2) is 158 Å². The van der Waals surface area contributed by atoms with Crippen molar-refractivity contribution in [3.63, 3.8) is 0 Å². The van der Waals surface area contributed by atoms with Crippen LogP contribution in [0.25, 0.3) is 0 Å². The third-order valence-electron chi connectivity index (χ3n) is 6.66. The Kier molecular flexibility index (Phi) is 9.65. The summed E-state index contributed by atoms with van der Waals surface area (Å²) in [6.45, 7) is 14.0. The zero-order chi connectivity index (χ0) is 20.6. The van der Waals surface area contributed by atoms with E-state index in [0.717, 1.165) is 39.3 Å². The van der Waals surface area contributed by atoms with Crippen LogP contribution in [0.1, 0.15) is 0 Å². The molecule has 0 bridgehead atoms. The van der Waals surface area contributed by atoms with E-state index in [4.69, 9.17) is 18.9 Å². The van der Waals surface area contributed by atoms with Crippen LogP contribution in [0, 0.1) is 0 Å². The highest BCUT2D eigenvalue weighted by Gasteiger charge is 2.43. The highest BCUT2D eigenvalue weighted by atomic mass is 16.6. The van der Waals surface area contributed by atoms with Gasteiger partial charge in [-0.1, -0.05) is 0 Å². The number of nitrogens with zero attached hydrogens (tertiary/aromatic N) is 4. The molecule has 3 saturated heterocycles. The van der Waals surface area contributed by atoms with E-state index in [1.165, 1.54) is 39.3 Å². The molecule has 3 fully saturated rings. The maximum atomic E-state index is 6.19. The second kappa shape index (κ2) is 12.0. The monoisotopic (exact) mass is 412 g/mol. The molecule has 4 atom stereocenters. The van der Waals surface area contributed by atoms with Gasteiger partial charge in [0.25, 0.3) is 0 Å². The van der Waals surface area contributed by atoms with Gasteiger partial charge in [0.2, 0.25) is 0 Å². The number of ether oxygens (including phenoxy) is 4. The maximum absolute atomic E-state index is 6.19. The van der Waals surface area contributed by atoms with Gasteiger partial charge in [0.1, 0.15) is 26.2 Å². The van der Waals surface area contributed by atoms with Gasteiger partial charge in [0.15, 0.2) is 0 Å². The Morgan fingerprint density at radius 2 is 1.38 bits per heavy atom. The first kappa shape index (κ1) is 23.4. The minimum absolute atomic E-state index is 0.0231. The molecule has 168 valence electrons. The van der Waals surface area contributed by atoms with Crippen molar-refractivity contribution in [3.05, 3.63) is 0 Å². The average molecular weight is 412 g/mol. The first-order valence-corrected chi connectivity index (χ1v) is 11.2. The smallest absolute Gasteiger partial charge is 0.142 e. The molecular formula is C20H41BN4O4. The summed E-state index contributed by atoms with van der Waals surface area (Å²) in [6, 6.07) is 0.0338. The number of likely N-dealkylation sites (N-methyl/N-ethyl adjacent to an activating group) is 1. The summed E-state index contributed by atoms with van der Waals surface area (Å²) in [5.41, 5.74) is 0. The van der Waals surface area contributed by atoms with Crippen LogP contribution in [-0.2, 0) is 18.9 Å². The summed E-state index contributed by atoms with van der Waals surface area (Å²) in [5.74, 6) is 0. The number of piperazine rings is 2. The molecule has 0 aliphatic carbocycles. The van der Waals surface area contributed by atoms with Crippen LogP contribution in [0.15, 0.2) is 0 Å². The summed E-state index contributed by atoms with van der Waals surface area (Å²) in [5, 5.41) is 0. The fourth-order valence-corrected chi connectivity index (χ4v) is 4.63. The maximum Gasteiger partial charge on any atom is 0.142 e. The Balaban J connectivity index is 1.29. The van der Waals surface area contributed by atoms with Gasteiger partial charge < -0.3 is 23.8 Å². The van der Waals surface area contributed by atoms with E-state index in [2.05, 4.69) is 34.5 Å². The fourth-order valence-electron chi connectivity index (χ4n) is 4.63. The van der Waals surface area contributed by atoms with Crippen molar-refractivity contribution < 1.29 is 18.9 Å². The molecule has 0 aromatic rings. The largest absolute Gasteiger partial charge is 0.382 e. The molecule has 9 heteroatoms. The van der Waals surface area contributed by atoms with E-state index in [-0.39, 0.29) is 24.3 Å². The minimum atomic E-state index is -0.0589. The summed E-state index contributed by atoms with van der Waals surface area (Å²) in [7, 11) is 7.70. The Bertz CT molecular complexity index is 462. The van der Waals surface area contributed by atoms with Crippen LogP contribution in [0.4, 0.5) is 0 Å². The van der Waals surface area contributed by atoms with E-state index in [0.29, 0.717) is 6.61 Å². The predicted octanol–water partition coefficient (Wildman–Crippen LogP) is -1.74. The van der Waals surface area contributed by atoms with Gasteiger partial charge in [0.05, 0.1) is 19.2 Å². The number of rotatable bonds is 10. The van der Waals surface area contributed by atoms with Gasteiger partial charge in [-0.25, -0.2) is 0 Å². The van der Waals surface area contributed by atoms with E-state index < -0.39 is 0 Å². The number of methoxy groups -OCH3 is 2. The van der Waals surface area contributed by atoms with Crippen LogP contribution in [0.3, 0.4) is 0 Å². The van der Waals surface area contributed by atoms with Crippen molar-refractivity contribution in [1.29, 1.82) is 0 Å². The van der Waals surface area contributed by atoms with Crippen molar-refractivity contribution in [3.8, 4) is 0 Å². The molecule has 3 aliphatic heterocycles. The lowest BCUT2D eigenvalue weighted by molar-refractivity contribution is -0.0594. The summed E-state index contributed by atoms with van der Waals surface area (Å²) in [4.78, 5) is 10.1. The Morgan fingerprint density at radius 1 is 0.828 bits per heavy atom. The molecule has 3 aliphatic rings. The number of hydrogen-bond donors (Lipinski definition) is 0. The van der Waals surface area contributed by atoms with Crippen molar-refractivity contribution in [2.24, 2.45) is 0 Å². The molecule has 3 rings (SSSR count). The average Bonchev–Trinajstić information content (AvgIpc) is 3.03. The van der Waals surface area contributed by atoms with Crippen molar-refractivity contribution in [2.45, 2.75) is 24.3 Å². The molecule has 0 aromatic carbocycles. The second-order valence-corrected chi connectivity index (χ2v) is 8.70. The molecule has 0 radical (unpaired) electrons. The first-order chi connectivity index (χ1) is 14.1. The van der Waals surface area contributed by atoms with Crippen LogP contribution >= 0.6 is 0 Å². The lowest BCUT2D eigenvalue weighted by Gasteiger charge is -2.37. The standard InChI is InChI=1S/C20H41BN4O4/c1-22-4-6-23(7-5-22)8-9-24-10-12-25(13-11-24)14-15-28-19-18(27-3)17(16-26-2)29-20(19)21/h17-20H,4-16,21H2,1-3H3/t17-,18?,19+,20-/m1/s1. The lowest BCUT2D eigenvalue weighted by Crippen LogP contribution is -2.51.